The number of aryl methyl sites for hydroxylation is 2. The smallest absolute Gasteiger partial charge is 0.335 e. The third-order valence-corrected chi connectivity index (χ3v) is 4.01. The Morgan fingerprint density at radius 1 is 1.07 bits per heavy atom. The van der Waals surface area contributed by atoms with E-state index in [1.54, 1.807) is 6.07 Å². The second kappa shape index (κ2) is 7.95. The topological polar surface area (TPSA) is 81.8 Å². The predicted octanol–water partition coefficient (Wildman–Crippen LogP) is 5.24. The Morgan fingerprint density at radius 2 is 1.78 bits per heavy atom. The van der Waals surface area contributed by atoms with Gasteiger partial charge < -0.3 is 19.1 Å². The molecule has 1 heterocycles. The first-order valence-corrected chi connectivity index (χ1v) is 8.70. The number of aromatic nitrogens is 1. The number of carboxylic acid groups (broad SMARTS) is 1. The van der Waals surface area contributed by atoms with Crippen LogP contribution in [0.15, 0.2) is 47.0 Å². The quantitative estimate of drug-likeness (QED) is 0.615. The summed E-state index contributed by atoms with van der Waals surface area (Å²) in [4.78, 5) is 11.3. The van der Waals surface area contributed by atoms with Crippen LogP contribution in [0.1, 0.15) is 35.2 Å². The van der Waals surface area contributed by atoms with Crippen molar-refractivity contribution in [2.75, 3.05) is 6.61 Å². The van der Waals surface area contributed by atoms with Crippen molar-refractivity contribution in [1.29, 1.82) is 0 Å². The maximum atomic E-state index is 11.3. The van der Waals surface area contributed by atoms with E-state index in [0.29, 0.717) is 23.9 Å². The Morgan fingerprint density at radius 3 is 2.37 bits per heavy atom. The molecule has 140 valence electrons. The summed E-state index contributed by atoms with van der Waals surface area (Å²) in [5.74, 6) is 1.20. The summed E-state index contributed by atoms with van der Waals surface area (Å²) in [7, 11) is 0. The first kappa shape index (κ1) is 18.5. The molecule has 0 aliphatic rings. The number of rotatable bonds is 7. The van der Waals surface area contributed by atoms with E-state index in [9.17, 15) is 9.90 Å². The summed E-state index contributed by atoms with van der Waals surface area (Å²) in [6.07, 6.45) is 0.830. The Balaban J connectivity index is 1.84. The normalized spacial score (nSPS) is 10.6. The Bertz CT molecular complexity index is 924. The summed E-state index contributed by atoms with van der Waals surface area (Å²) in [6, 6.07) is 12.1. The molecule has 1 N–H and O–H groups in total. The van der Waals surface area contributed by atoms with Crippen molar-refractivity contribution in [1.82, 2.24) is 5.16 Å². The van der Waals surface area contributed by atoms with Gasteiger partial charge in [0.15, 0.2) is 0 Å². The van der Waals surface area contributed by atoms with Gasteiger partial charge in [0.1, 0.15) is 23.0 Å². The minimum absolute atomic E-state index is 0.117. The van der Waals surface area contributed by atoms with Gasteiger partial charge in [-0.1, -0.05) is 24.2 Å². The van der Waals surface area contributed by atoms with Gasteiger partial charge in [0.2, 0.25) is 0 Å². The van der Waals surface area contributed by atoms with Gasteiger partial charge in [0, 0.05) is 11.6 Å². The van der Waals surface area contributed by atoms with Gasteiger partial charge in [-0.2, -0.15) is 0 Å². The van der Waals surface area contributed by atoms with Crippen LogP contribution in [0.25, 0.3) is 11.1 Å². The summed E-state index contributed by atoms with van der Waals surface area (Å²) in [5.41, 5.74) is 2.88. The highest BCUT2D eigenvalue weighted by Gasteiger charge is 2.12. The number of aromatic carboxylic acids is 1. The maximum Gasteiger partial charge on any atom is 0.335 e. The molecule has 3 aromatic rings. The third kappa shape index (κ3) is 4.28. The highest BCUT2D eigenvalue weighted by molar-refractivity contribution is 5.88. The highest BCUT2D eigenvalue weighted by Crippen LogP contribution is 2.31. The lowest BCUT2D eigenvalue weighted by molar-refractivity contribution is 0.0696. The molecule has 3 rings (SSSR count). The average Bonchev–Trinajstić information content (AvgIpc) is 2.99. The van der Waals surface area contributed by atoms with Crippen LogP contribution in [-0.2, 0) is 0 Å². The summed E-state index contributed by atoms with van der Waals surface area (Å²) in [5, 5.41) is 13.3. The molecule has 0 bridgehead atoms. The van der Waals surface area contributed by atoms with Gasteiger partial charge in [-0.05, 0) is 50.1 Å². The van der Waals surface area contributed by atoms with Gasteiger partial charge >= 0.3 is 5.97 Å². The van der Waals surface area contributed by atoms with Gasteiger partial charge in [-0.3, -0.25) is 0 Å². The molecular weight excluding hydrogens is 346 g/mol. The molecule has 0 unspecified atom stereocenters. The van der Waals surface area contributed by atoms with Gasteiger partial charge in [0.05, 0.1) is 17.9 Å². The molecule has 0 aliphatic carbocycles. The maximum absolute atomic E-state index is 11.3. The number of hydrogen-bond donors (Lipinski definition) is 1. The largest absolute Gasteiger partial charge is 0.493 e. The number of hydrogen-bond acceptors (Lipinski definition) is 5. The molecule has 2 aromatic carbocycles. The van der Waals surface area contributed by atoms with Gasteiger partial charge in [-0.25, -0.2) is 4.79 Å². The fraction of sp³-hybridized carbons (Fsp3) is 0.238. The lowest BCUT2D eigenvalue weighted by atomic mass is 10.0. The minimum atomic E-state index is -1.03. The van der Waals surface area contributed by atoms with Crippen LogP contribution in [0.3, 0.4) is 0 Å². The van der Waals surface area contributed by atoms with Crippen molar-refractivity contribution in [3.05, 3.63) is 59.5 Å². The standard InChI is InChI=1S/C21H21NO5/c1-4-9-25-18-10-16(21(23)24)11-19(12-18)26-17-7-5-15(6-8-17)20-13(2)22-27-14(20)3/h5-8,10-12H,4,9H2,1-3H3,(H,23,24). The fourth-order valence-corrected chi connectivity index (χ4v) is 2.78. The van der Waals surface area contributed by atoms with Crippen molar-refractivity contribution >= 4 is 5.97 Å². The molecule has 0 spiro atoms. The minimum Gasteiger partial charge on any atom is -0.493 e. The number of carboxylic acids is 1. The van der Waals surface area contributed by atoms with E-state index in [1.807, 2.05) is 45.0 Å². The van der Waals surface area contributed by atoms with E-state index in [1.165, 1.54) is 12.1 Å². The van der Waals surface area contributed by atoms with Crippen LogP contribution >= 0.6 is 0 Å². The zero-order chi connectivity index (χ0) is 19.4. The number of nitrogens with zero attached hydrogens (tertiary/aromatic N) is 1. The molecule has 6 heteroatoms. The summed E-state index contributed by atoms with van der Waals surface area (Å²) < 4.78 is 16.6. The molecule has 0 aliphatic heterocycles. The predicted molar refractivity (Wildman–Crippen MR) is 101 cm³/mol. The first-order valence-electron chi connectivity index (χ1n) is 8.70. The lowest BCUT2D eigenvalue weighted by Crippen LogP contribution is -2.00. The van der Waals surface area contributed by atoms with E-state index in [0.717, 1.165) is 29.0 Å². The zero-order valence-corrected chi connectivity index (χ0v) is 15.5. The van der Waals surface area contributed by atoms with Crippen LogP contribution in [0.5, 0.6) is 17.2 Å². The highest BCUT2D eigenvalue weighted by atomic mass is 16.5. The first-order chi connectivity index (χ1) is 13.0. The molecule has 0 saturated heterocycles. The van der Waals surface area contributed by atoms with E-state index in [2.05, 4.69) is 5.16 Å². The Kier molecular flexibility index (Phi) is 5.45. The molecule has 0 amide bonds. The van der Waals surface area contributed by atoms with E-state index < -0.39 is 5.97 Å². The van der Waals surface area contributed by atoms with Crippen molar-refractivity contribution in [2.45, 2.75) is 27.2 Å². The van der Waals surface area contributed by atoms with Crippen LogP contribution in [0.4, 0.5) is 0 Å². The molecular formula is C21H21NO5. The van der Waals surface area contributed by atoms with Gasteiger partial charge in [-0.15, -0.1) is 0 Å². The summed E-state index contributed by atoms with van der Waals surface area (Å²) in [6.45, 7) is 6.26. The van der Waals surface area contributed by atoms with E-state index in [-0.39, 0.29) is 5.56 Å². The van der Waals surface area contributed by atoms with E-state index in [4.69, 9.17) is 14.0 Å². The van der Waals surface area contributed by atoms with Crippen LogP contribution in [-0.4, -0.2) is 22.8 Å². The SMILES string of the molecule is CCCOc1cc(Oc2ccc(-c3c(C)noc3C)cc2)cc(C(=O)O)c1. The van der Waals surface area contributed by atoms with E-state index >= 15 is 0 Å². The molecule has 27 heavy (non-hydrogen) atoms. The second-order valence-electron chi connectivity index (χ2n) is 6.17. The lowest BCUT2D eigenvalue weighted by Gasteiger charge is -2.11. The monoisotopic (exact) mass is 367 g/mol. The Hall–Kier alpha value is -3.28. The van der Waals surface area contributed by atoms with Crippen LogP contribution in [0.2, 0.25) is 0 Å². The molecule has 0 atom stereocenters. The molecule has 0 fully saturated rings. The third-order valence-electron chi connectivity index (χ3n) is 4.01. The van der Waals surface area contributed by atoms with Crippen molar-refractivity contribution in [2.24, 2.45) is 0 Å². The number of ether oxygens (including phenoxy) is 2. The number of carbonyl (C=O) groups is 1. The van der Waals surface area contributed by atoms with Crippen molar-refractivity contribution in [3.8, 4) is 28.4 Å². The van der Waals surface area contributed by atoms with Crippen LogP contribution in [0, 0.1) is 13.8 Å². The van der Waals surface area contributed by atoms with Crippen LogP contribution < -0.4 is 9.47 Å². The average molecular weight is 367 g/mol. The zero-order valence-electron chi connectivity index (χ0n) is 15.5. The van der Waals surface area contributed by atoms with Crippen molar-refractivity contribution < 1.29 is 23.9 Å². The van der Waals surface area contributed by atoms with Crippen molar-refractivity contribution in [3.63, 3.8) is 0 Å². The molecule has 0 saturated carbocycles. The summed E-state index contributed by atoms with van der Waals surface area (Å²) >= 11 is 0. The second-order valence-corrected chi connectivity index (χ2v) is 6.17. The van der Waals surface area contributed by atoms with Gasteiger partial charge in [0.25, 0.3) is 0 Å². The number of benzene rings is 2. The fourth-order valence-electron chi connectivity index (χ4n) is 2.78. The molecule has 6 nitrogen and oxygen atoms in total. The molecule has 0 radical (unpaired) electrons. The Labute approximate surface area is 157 Å². The molecule has 1 aromatic heterocycles.